The fourth-order valence-electron chi connectivity index (χ4n) is 2.28. The summed E-state index contributed by atoms with van der Waals surface area (Å²) in [7, 11) is 0. The predicted molar refractivity (Wildman–Crippen MR) is 69.8 cm³/mol. The number of alkyl halides is 1. The van der Waals surface area contributed by atoms with Crippen molar-refractivity contribution in [3.63, 3.8) is 0 Å². The van der Waals surface area contributed by atoms with E-state index in [1.165, 1.54) is 5.56 Å². The van der Waals surface area contributed by atoms with Crippen LogP contribution in [0.1, 0.15) is 24.0 Å². The molecule has 0 aromatic heterocycles. The SMILES string of the molecule is Cc1ccc(C)c(OC[C@@H]2C[C@H](Cl)C[C@H]2O)c1. The molecular formula is C14H19ClO2. The van der Waals surface area contributed by atoms with Gasteiger partial charge in [0.05, 0.1) is 12.7 Å². The number of rotatable bonds is 3. The van der Waals surface area contributed by atoms with Gasteiger partial charge in [0.25, 0.3) is 0 Å². The van der Waals surface area contributed by atoms with E-state index in [2.05, 4.69) is 12.1 Å². The maximum atomic E-state index is 9.80. The summed E-state index contributed by atoms with van der Waals surface area (Å²) < 4.78 is 5.80. The van der Waals surface area contributed by atoms with Crippen LogP contribution in [-0.4, -0.2) is 23.2 Å². The quantitative estimate of drug-likeness (QED) is 0.840. The second-order valence-corrected chi connectivity index (χ2v) is 5.59. The molecule has 1 aliphatic rings. The summed E-state index contributed by atoms with van der Waals surface area (Å²) in [5.74, 6) is 1.08. The van der Waals surface area contributed by atoms with Crippen molar-refractivity contribution < 1.29 is 9.84 Å². The fourth-order valence-corrected chi connectivity index (χ4v) is 2.69. The molecule has 1 fully saturated rings. The summed E-state index contributed by atoms with van der Waals surface area (Å²) in [6, 6.07) is 6.16. The lowest BCUT2D eigenvalue weighted by atomic mass is 10.1. The number of aliphatic hydroxyl groups excluding tert-OH is 1. The first-order valence-corrected chi connectivity index (χ1v) is 6.52. The molecule has 17 heavy (non-hydrogen) atoms. The van der Waals surface area contributed by atoms with Gasteiger partial charge in [0, 0.05) is 11.3 Å². The van der Waals surface area contributed by atoms with Gasteiger partial charge in [-0.05, 0) is 43.9 Å². The molecule has 1 aromatic carbocycles. The van der Waals surface area contributed by atoms with Crippen molar-refractivity contribution in [3.8, 4) is 5.75 Å². The number of hydrogen-bond acceptors (Lipinski definition) is 2. The van der Waals surface area contributed by atoms with Crippen LogP contribution in [0.25, 0.3) is 0 Å². The maximum Gasteiger partial charge on any atom is 0.122 e. The van der Waals surface area contributed by atoms with Gasteiger partial charge >= 0.3 is 0 Å². The summed E-state index contributed by atoms with van der Waals surface area (Å²) in [5.41, 5.74) is 2.32. The molecule has 1 aromatic rings. The lowest BCUT2D eigenvalue weighted by Gasteiger charge is -2.16. The zero-order valence-electron chi connectivity index (χ0n) is 10.3. The fraction of sp³-hybridized carbons (Fsp3) is 0.571. The van der Waals surface area contributed by atoms with Crippen LogP contribution in [0.4, 0.5) is 0 Å². The van der Waals surface area contributed by atoms with E-state index in [4.69, 9.17) is 16.3 Å². The third-order valence-corrected chi connectivity index (χ3v) is 3.75. The van der Waals surface area contributed by atoms with Crippen molar-refractivity contribution in [2.75, 3.05) is 6.61 Å². The summed E-state index contributed by atoms with van der Waals surface area (Å²) in [4.78, 5) is 0. The Morgan fingerprint density at radius 3 is 2.76 bits per heavy atom. The molecule has 0 unspecified atom stereocenters. The van der Waals surface area contributed by atoms with Crippen molar-refractivity contribution in [2.24, 2.45) is 5.92 Å². The second-order valence-electron chi connectivity index (χ2n) is 4.98. The van der Waals surface area contributed by atoms with Crippen molar-refractivity contribution in [2.45, 2.75) is 38.2 Å². The van der Waals surface area contributed by atoms with Gasteiger partial charge in [-0.3, -0.25) is 0 Å². The van der Waals surface area contributed by atoms with E-state index in [0.717, 1.165) is 17.7 Å². The highest BCUT2D eigenvalue weighted by atomic mass is 35.5. The van der Waals surface area contributed by atoms with Crippen molar-refractivity contribution in [3.05, 3.63) is 29.3 Å². The van der Waals surface area contributed by atoms with Crippen molar-refractivity contribution in [1.82, 2.24) is 0 Å². The van der Waals surface area contributed by atoms with Gasteiger partial charge in [0.2, 0.25) is 0 Å². The van der Waals surface area contributed by atoms with E-state index >= 15 is 0 Å². The van der Waals surface area contributed by atoms with Gasteiger partial charge in [0.15, 0.2) is 0 Å². The number of benzene rings is 1. The summed E-state index contributed by atoms with van der Waals surface area (Å²) in [6.45, 7) is 4.63. The van der Waals surface area contributed by atoms with Crippen LogP contribution in [0.2, 0.25) is 0 Å². The first-order valence-electron chi connectivity index (χ1n) is 6.08. The minimum Gasteiger partial charge on any atom is -0.493 e. The standard InChI is InChI=1S/C14H19ClO2/c1-9-3-4-10(2)14(5-9)17-8-11-6-12(15)7-13(11)16/h3-5,11-13,16H,6-8H2,1-2H3/t11-,12-,13+/m0/s1. The van der Waals surface area contributed by atoms with Gasteiger partial charge in [-0.2, -0.15) is 0 Å². The van der Waals surface area contributed by atoms with Crippen LogP contribution >= 0.6 is 11.6 Å². The lowest BCUT2D eigenvalue weighted by molar-refractivity contribution is 0.0983. The minimum absolute atomic E-state index is 0.0946. The van der Waals surface area contributed by atoms with E-state index in [0.29, 0.717) is 13.0 Å². The summed E-state index contributed by atoms with van der Waals surface area (Å²) in [6.07, 6.45) is 1.21. The molecule has 0 saturated heterocycles. The highest BCUT2D eigenvalue weighted by Gasteiger charge is 2.32. The van der Waals surface area contributed by atoms with E-state index in [1.54, 1.807) is 0 Å². The Bertz CT molecular complexity index is 392. The topological polar surface area (TPSA) is 29.5 Å². The van der Waals surface area contributed by atoms with E-state index in [1.807, 2.05) is 19.9 Å². The largest absolute Gasteiger partial charge is 0.493 e. The molecule has 1 aliphatic carbocycles. The van der Waals surface area contributed by atoms with E-state index in [9.17, 15) is 5.11 Å². The predicted octanol–water partition coefficient (Wildman–Crippen LogP) is 3.06. The maximum absolute atomic E-state index is 9.80. The molecule has 2 rings (SSSR count). The summed E-state index contributed by atoms with van der Waals surface area (Å²) in [5, 5.41) is 9.89. The molecule has 1 N–H and O–H groups in total. The third kappa shape index (κ3) is 3.14. The van der Waals surface area contributed by atoms with Gasteiger partial charge in [-0.15, -0.1) is 11.6 Å². The van der Waals surface area contributed by atoms with Gasteiger partial charge in [-0.1, -0.05) is 12.1 Å². The number of aliphatic hydroxyl groups is 1. The monoisotopic (exact) mass is 254 g/mol. The Kier molecular flexibility index (Phi) is 3.95. The Labute approximate surface area is 108 Å². The molecule has 0 radical (unpaired) electrons. The zero-order chi connectivity index (χ0) is 12.4. The molecule has 3 heteroatoms. The Balaban J connectivity index is 1.96. The average molecular weight is 255 g/mol. The molecule has 0 amide bonds. The van der Waals surface area contributed by atoms with Crippen molar-refractivity contribution >= 4 is 11.6 Å². The van der Waals surface area contributed by atoms with Crippen LogP contribution in [0.15, 0.2) is 18.2 Å². The van der Waals surface area contributed by atoms with Gasteiger partial charge in [0.1, 0.15) is 5.75 Å². The third-order valence-electron chi connectivity index (χ3n) is 3.40. The molecule has 2 nitrogen and oxygen atoms in total. The molecular weight excluding hydrogens is 236 g/mol. The normalized spacial score (nSPS) is 28.4. The van der Waals surface area contributed by atoms with Crippen LogP contribution in [0.5, 0.6) is 5.75 Å². The summed E-state index contributed by atoms with van der Waals surface area (Å²) >= 11 is 6.02. The minimum atomic E-state index is -0.317. The van der Waals surface area contributed by atoms with E-state index in [-0.39, 0.29) is 17.4 Å². The number of aryl methyl sites for hydroxylation is 2. The molecule has 0 heterocycles. The Hall–Kier alpha value is -0.730. The molecule has 0 bridgehead atoms. The first kappa shape index (κ1) is 12.7. The van der Waals surface area contributed by atoms with Crippen LogP contribution in [0, 0.1) is 19.8 Å². The molecule has 0 aliphatic heterocycles. The zero-order valence-corrected chi connectivity index (χ0v) is 11.1. The second kappa shape index (κ2) is 5.28. The van der Waals surface area contributed by atoms with Gasteiger partial charge < -0.3 is 9.84 Å². The smallest absolute Gasteiger partial charge is 0.122 e. The Morgan fingerprint density at radius 2 is 2.12 bits per heavy atom. The van der Waals surface area contributed by atoms with Gasteiger partial charge in [-0.25, -0.2) is 0 Å². The van der Waals surface area contributed by atoms with E-state index < -0.39 is 0 Å². The lowest BCUT2D eigenvalue weighted by Crippen LogP contribution is -2.20. The number of halogens is 1. The molecule has 1 saturated carbocycles. The van der Waals surface area contributed by atoms with Crippen LogP contribution in [0.3, 0.4) is 0 Å². The first-order chi connectivity index (χ1) is 8.06. The average Bonchev–Trinajstić information content (AvgIpc) is 2.59. The molecule has 94 valence electrons. The molecule has 3 atom stereocenters. The Morgan fingerprint density at radius 1 is 1.35 bits per heavy atom. The number of hydrogen-bond donors (Lipinski definition) is 1. The highest BCUT2D eigenvalue weighted by molar-refractivity contribution is 6.20. The van der Waals surface area contributed by atoms with Crippen molar-refractivity contribution in [1.29, 1.82) is 0 Å². The van der Waals surface area contributed by atoms with Crippen LogP contribution < -0.4 is 4.74 Å². The molecule has 0 spiro atoms. The number of ether oxygens (including phenoxy) is 1. The highest BCUT2D eigenvalue weighted by Crippen LogP contribution is 2.31. The van der Waals surface area contributed by atoms with Crippen LogP contribution in [-0.2, 0) is 0 Å².